The van der Waals surface area contributed by atoms with Crippen molar-refractivity contribution in [1.82, 2.24) is 5.32 Å². The highest BCUT2D eigenvalue weighted by Crippen LogP contribution is 2.14. The zero-order chi connectivity index (χ0) is 15.1. The van der Waals surface area contributed by atoms with Crippen LogP contribution in [0.2, 0.25) is 0 Å². The lowest BCUT2D eigenvalue weighted by Gasteiger charge is -2.09. The average molecular weight is 301 g/mol. The van der Waals surface area contributed by atoms with E-state index in [4.69, 9.17) is 4.74 Å². The molecule has 0 aliphatic rings. The zero-order valence-corrected chi connectivity index (χ0v) is 12.9. The first-order valence-electron chi connectivity index (χ1n) is 6.92. The van der Waals surface area contributed by atoms with Crippen molar-refractivity contribution >= 4 is 18.5 Å². The number of nitrogens with one attached hydrogen (secondary N) is 1. The molecule has 0 radical (unpaired) electrons. The van der Waals surface area contributed by atoms with Crippen LogP contribution in [0.15, 0.2) is 53.4 Å². The normalized spacial score (nSPS) is 10.2. The number of ether oxygens (including phenoxy) is 1. The molecule has 0 saturated carbocycles. The van der Waals surface area contributed by atoms with Gasteiger partial charge in [-0.25, -0.2) is 0 Å². The van der Waals surface area contributed by atoms with E-state index in [1.54, 1.807) is 6.07 Å². The van der Waals surface area contributed by atoms with E-state index in [9.17, 15) is 4.79 Å². The molecule has 4 heteroatoms. The van der Waals surface area contributed by atoms with Crippen molar-refractivity contribution in [3.63, 3.8) is 0 Å². The van der Waals surface area contributed by atoms with Gasteiger partial charge in [0.15, 0.2) is 0 Å². The molecular formula is C17H19NO2S. The predicted molar refractivity (Wildman–Crippen MR) is 87.3 cm³/mol. The van der Waals surface area contributed by atoms with Gasteiger partial charge in [0.05, 0.1) is 6.61 Å². The SMILES string of the molecule is Cc1ccc(S)cc1C(=O)NCCCOc1ccccc1. The standard InChI is InChI=1S/C17H19NO2S/c1-13-8-9-15(21)12-16(13)17(19)18-10-5-11-20-14-6-3-2-4-7-14/h2-4,6-9,12,21H,5,10-11H2,1H3,(H,18,19). The van der Waals surface area contributed by atoms with Crippen LogP contribution in [0.3, 0.4) is 0 Å². The Hall–Kier alpha value is -1.94. The minimum absolute atomic E-state index is 0.0666. The number of thiol groups is 1. The van der Waals surface area contributed by atoms with Crippen LogP contribution in [0.25, 0.3) is 0 Å². The third kappa shape index (κ3) is 4.83. The summed E-state index contributed by atoms with van der Waals surface area (Å²) in [6.45, 7) is 3.08. The molecule has 0 fully saturated rings. The van der Waals surface area contributed by atoms with Gasteiger partial charge in [0, 0.05) is 17.0 Å². The number of amides is 1. The fourth-order valence-electron chi connectivity index (χ4n) is 1.93. The van der Waals surface area contributed by atoms with E-state index < -0.39 is 0 Å². The highest BCUT2D eigenvalue weighted by Gasteiger charge is 2.08. The van der Waals surface area contributed by atoms with Crippen LogP contribution >= 0.6 is 12.6 Å². The predicted octanol–water partition coefficient (Wildman–Crippen LogP) is 3.48. The molecule has 0 atom stereocenters. The summed E-state index contributed by atoms with van der Waals surface area (Å²) in [6.07, 6.45) is 0.764. The fraction of sp³-hybridized carbons (Fsp3) is 0.235. The highest BCUT2D eigenvalue weighted by atomic mass is 32.1. The topological polar surface area (TPSA) is 38.3 Å². The Morgan fingerprint density at radius 1 is 1.19 bits per heavy atom. The molecule has 21 heavy (non-hydrogen) atoms. The van der Waals surface area contributed by atoms with E-state index >= 15 is 0 Å². The second-order valence-electron chi connectivity index (χ2n) is 4.77. The lowest BCUT2D eigenvalue weighted by Crippen LogP contribution is -2.26. The zero-order valence-electron chi connectivity index (χ0n) is 12.0. The largest absolute Gasteiger partial charge is 0.494 e. The third-order valence-corrected chi connectivity index (χ3v) is 3.36. The second-order valence-corrected chi connectivity index (χ2v) is 5.29. The van der Waals surface area contributed by atoms with E-state index in [0.29, 0.717) is 18.7 Å². The molecule has 2 aromatic carbocycles. The number of aryl methyl sites for hydroxylation is 1. The summed E-state index contributed by atoms with van der Waals surface area (Å²) < 4.78 is 5.57. The number of hydrogen-bond acceptors (Lipinski definition) is 3. The van der Waals surface area contributed by atoms with Gasteiger partial charge in [-0.2, -0.15) is 0 Å². The first kappa shape index (κ1) is 15.4. The van der Waals surface area contributed by atoms with Crippen molar-refractivity contribution < 1.29 is 9.53 Å². The molecule has 3 nitrogen and oxygen atoms in total. The summed E-state index contributed by atoms with van der Waals surface area (Å²) in [6, 6.07) is 15.2. The van der Waals surface area contributed by atoms with E-state index in [-0.39, 0.29) is 5.91 Å². The molecule has 0 spiro atoms. The van der Waals surface area contributed by atoms with Gasteiger partial charge in [0.1, 0.15) is 5.75 Å². The van der Waals surface area contributed by atoms with Crippen molar-refractivity contribution in [2.45, 2.75) is 18.2 Å². The van der Waals surface area contributed by atoms with Crippen molar-refractivity contribution in [1.29, 1.82) is 0 Å². The number of hydrogen-bond donors (Lipinski definition) is 2. The summed E-state index contributed by atoms with van der Waals surface area (Å²) in [5.41, 5.74) is 1.62. The Labute approximate surface area is 130 Å². The van der Waals surface area contributed by atoms with Crippen LogP contribution in [0, 0.1) is 6.92 Å². The molecule has 1 N–H and O–H groups in total. The molecule has 0 heterocycles. The summed E-state index contributed by atoms with van der Waals surface area (Å²) in [5, 5.41) is 2.90. The van der Waals surface area contributed by atoms with Gasteiger partial charge in [-0.1, -0.05) is 24.3 Å². The van der Waals surface area contributed by atoms with Crippen molar-refractivity contribution in [2.75, 3.05) is 13.2 Å². The number of carbonyl (C=O) groups is 1. The van der Waals surface area contributed by atoms with Crippen LogP contribution in [-0.4, -0.2) is 19.1 Å². The maximum Gasteiger partial charge on any atom is 0.251 e. The Kier molecular flexibility index (Phi) is 5.69. The van der Waals surface area contributed by atoms with E-state index in [2.05, 4.69) is 17.9 Å². The van der Waals surface area contributed by atoms with Crippen LogP contribution in [0.1, 0.15) is 22.3 Å². The molecule has 2 rings (SSSR count). The van der Waals surface area contributed by atoms with Crippen molar-refractivity contribution in [3.8, 4) is 5.75 Å². The molecular weight excluding hydrogens is 282 g/mol. The summed E-state index contributed by atoms with van der Waals surface area (Å²) in [4.78, 5) is 12.9. The summed E-state index contributed by atoms with van der Waals surface area (Å²) >= 11 is 4.26. The first-order valence-corrected chi connectivity index (χ1v) is 7.37. The van der Waals surface area contributed by atoms with Crippen molar-refractivity contribution in [3.05, 3.63) is 59.7 Å². The Morgan fingerprint density at radius 2 is 1.95 bits per heavy atom. The van der Waals surface area contributed by atoms with E-state index in [1.807, 2.05) is 49.4 Å². The first-order chi connectivity index (χ1) is 10.2. The third-order valence-electron chi connectivity index (χ3n) is 3.08. The fourth-order valence-corrected chi connectivity index (χ4v) is 2.13. The van der Waals surface area contributed by atoms with Crippen LogP contribution < -0.4 is 10.1 Å². The monoisotopic (exact) mass is 301 g/mol. The Bertz CT molecular complexity index is 599. The molecule has 0 unspecified atom stereocenters. The molecule has 0 bridgehead atoms. The van der Waals surface area contributed by atoms with Crippen LogP contribution in [-0.2, 0) is 0 Å². The molecule has 0 aliphatic heterocycles. The highest BCUT2D eigenvalue weighted by molar-refractivity contribution is 7.80. The molecule has 110 valence electrons. The van der Waals surface area contributed by atoms with Gasteiger partial charge in [0.2, 0.25) is 0 Å². The minimum atomic E-state index is -0.0666. The number of benzene rings is 2. The Balaban J connectivity index is 1.73. The van der Waals surface area contributed by atoms with E-state index in [1.165, 1.54) is 0 Å². The van der Waals surface area contributed by atoms with Gasteiger partial charge in [-0.3, -0.25) is 4.79 Å². The lowest BCUT2D eigenvalue weighted by molar-refractivity contribution is 0.0950. The lowest BCUT2D eigenvalue weighted by atomic mass is 10.1. The molecule has 0 saturated heterocycles. The van der Waals surface area contributed by atoms with Gasteiger partial charge in [-0.15, -0.1) is 12.6 Å². The maximum atomic E-state index is 12.1. The smallest absolute Gasteiger partial charge is 0.251 e. The van der Waals surface area contributed by atoms with Gasteiger partial charge < -0.3 is 10.1 Å². The quantitative estimate of drug-likeness (QED) is 0.633. The Morgan fingerprint density at radius 3 is 2.71 bits per heavy atom. The molecule has 0 aromatic heterocycles. The summed E-state index contributed by atoms with van der Waals surface area (Å²) in [7, 11) is 0. The van der Waals surface area contributed by atoms with E-state index in [0.717, 1.165) is 22.6 Å². The molecule has 0 aliphatic carbocycles. The van der Waals surface area contributed by atoms with Gasteiger partial charge in [-0.05, 0) is 43.2 Å². The van der Waals surface area contributed by atoms with Crippen molar-refractivity contribution in [2.24, 2.45) is 0 Å². The maximum absolute atomic E-state index is 12.1. The van der Waals surface area contributed by atoms with Crippen LogP contribution in [0.5, 0.6) is 5.75 Å². The molecule has 2 aromatic rings. The second kappa shape index (κ2) is 7.74. The van der Waals surface area contributed by atoms with Crippen LogP contribution in [0.4, 0.5) is 0 Å². The number of para-hydroxylation sites is 1. The van der Waals surface area contributed by atoms with Gasteiger partial charge >= 0.3 is 0 Å². The van der Waals surface area contributed by atoms with Gasteiger partial charge in [0.25, 0.3) is 5.91 Å². The number of rotatable bonds is 6. The minimum Gasteiger partial charge on any atom is -0.494 e. The summed E-state index contributed by atoms with van der Waals surface area (Å²) in [5.74, 6) is 0.783. The number of carbonyl (C=O) groups excluding carboxylic acids is 1. The average Bonchev–Trinajstić information content (AvgIpc) is 2.50. The molecule has 1 amide bonds.